The quantitative estimate of drug-likeness (QED) is 0.915. The molecule has 2 aromatic carbocycles. The molecule has 0 saturated carbocycles. The summed E-state index contributed by atoms with van der Waals surface area (Å²) in [4.78, 5) is 0. The van der Waals surface area contributed by atoms with Crippen LogP contribution in [-0.4, -0.2) is 13.8 Å². The SMILES string of the molecule is CNC(C)c1cccc(OCc2ccc3c(c2)OCO3)c1. The van der Waals surface area contributed by atoms with Crippen LogP contribution in [0.2, 0.25) is 0 Å². The third-order valence-corrected chi connectivity index (χ3v) is 3.63. The number of ether oxygens (including phenoxy) is 3. The van der Waals surface area contributed by atoms with Crippen molar-refractivity contribution in [3.05, 3.63) is 53.6 Å². The second kappa shape index (κ2) is 6.06. The van der Waals surface area contributed by atoms with Crippen molar-refractivity contribution < 1.29 is 14.2 Å². The Balaban J connectivity index is 1.67. The molecular weight excluding hydrogens is 266 g/mol. The van der Waals surface area contributed by atoms with E-state index in [-0.39, 0.29) is 0 Å². The predicted octanol–water partition coefficient (Wildman–Crippen LogP) is 3.27. The Labute approximate surface area is 124 Å². The van der Waals surface area contributed by atoms with Gasteiger partial charge in [-0.1, -0.05) is 18.2 Å². The predicted molar refractivity (Wildman–Crippen MR) is 80.8 cm³/mol. The molecule has 0 aromatic heterocycles. The van der Waals surface area contributed by atoms with Gasteiger partial charge in [-0.05, 0) is 49.4 Å². The molecule has 1 aliphatic rings. The van der Waals surface area contributed by atoms with Crippen molar-refractivity contribution in [3.63, 3.8) is 0 Å². The molecule has 0 aliphatic carbocycles. The van der Waals surface area contributed by atoms with Gasteiger partial charge >= 0.3 is 0 Å². The second-order valence-corrected chi connectivity index (χ2v) is 5.06. The van der Waals surface area contributed by atoms with Gasteiger partial charge in [-0.25, -0.2) is 0 Å². The van der Waals surface area contributed by atoms with Gasteiger partial charge in [0.2, 0.25) is 6.79 Å². The van der Waals surface area contributed by atoms with Gasteiger partial charge in [0.05, 0.1) is 0 Å². The summed E-state index contributed by atoms with van der Waals surface area (Å²) in [6, 6.07) is 14.3. The van der Waals surface area contributed by atoms with Gasteiger partial charge in [-0.3, -0.25) is 0 Å². The Kier molecular flexibility index (Phi) is 3.97. The summed E-state index contributed by atoms with van der Waals surface area (Å²) in [5, 5.41) is 3.22. The molecule has 110 valence electrons. The van der Waals surface area contributed by atoms with E-state index in [4.69, 9.17) is 14.2 Å². The van der Waals surface area contributed by atoms with Crippen molar-refractivity contribution >= 4 is 0 Å². The van der Waals surface area contributed by atoms with Crippen LogP contribution in [0, 0.1) is 0 Å². The summed E-state index contributed by atoms with van der Waals surface area (Å²) < 4.78 is 16.5. The largest absolute Gasteiger partial charge is 0.489 e. The van der Waals surface area contributed by atoms with Crippen molar-refractivity contribution in [1.29, 1.82) is 0 Å². The van der Waals surface area contributed by atoms with Crippen LogP contribution >= 0.6 is 0 Å². The van der Waals surface area contributed by atoms with E-state index in [0.717, 1.165) is 22.8 Å². The molecule has 1 unspecified atom stereocenters. The summed E-state index contributed by atoms with van der Waals surface area (Å²) in [7, 11) is 1.95. The van der Waals surface area contributed by atoms with Crippen molar-refractivity contribution in [3.8, 4) is 17.2 Å². The highest BCUT2D eigenvalue weighted by Gasteiger charge is 2.13. The van der Waals surface area contributed by atoms with Crippen molar-refractivity contribution in [2.45, 2.75) is 19.6 Å². The number of rotatable bonds is 5. The van der Waals surface area contributed by atoms with Crippen LogP contribution < -0.4 is 19.5 Å². The first-order valence-electron chi connectivity index (χ1n) is 7.05. The molecule has 2 aromatic rings. The molecule has 1 atom stereocenters. The van der Waals surface area contributed by atoms with E-state index in [1.807, 2.05) is 37.4 Å². The monoisotopic (exact) mass is 285 g/mol. The number of nitrogens with one attached hydrogen (secondary N) is 1. The van der Waals surface area contributed by atoms with Gasteiger partial charge < -0.3 is 19.5 Å². The van der Waals surface area contributed by atoms with Crippen LogP contribution in [0.3, 0.4) is 0 Å². The van der Waals surface area contributed by atoms with Gasteiger partial charge in [0.15, 0.2) is 11.5 Å². The lowest BCUT2D eigenvalue weighted by Gasteiger charge is -2.13. The summed E-state index contributed by atoms with van der Waals surface area (Å²) >= 11 is 0. The van der Waals surface area contributed by atoms with E-state index in [2.05, 4.69) is 24.4 Å². The average molecular weight is 285 g/mol. The molecule has 1 aliphatic heterocycles. The van der Waals surface area contributed by atoms with Crippen molar-refractivity contribution in [2.75, 3.05) is 13.8 Å². The van der Waals surface area contributed by atoms with Crippen LogP contribution in [0.5, 0.6) is 17.2 Å². The standard InChI is InChI=1S/C17H19NO3/c1-12(18-2)14-4-3-5-15(9-14)19-10-13-6-7-16-17(8-13)21-11-20-16/h3-9,12,18H,10-11H2,1-2H3. The molecule has 0 bridgehead atoms. The summed E-state index contributed by atoms with van der Waals surface area (Å²) in [5.41, 5.74) is 2.27. The lowest BCUT2D eigenvalue weighted by atomic mass is 10.1. The van der Waals surface area contributed by atoms with Crippen LogP contribution in [0.25, 0.3) is 0 Å². The molecule has 0 radical (unpaired) electrons. The van der Waals surface area contributed by atoms with Crippen LogP contribution in [0.15, 0.2) is 42.5 Å². The third kappa shape index (κ3) is 3.11. The summed E-state index contributed by atoms with van der Waals surface area (Å²) in [5.74, 6) is 2.45. The molecule has 1 N–H and O–H groups in total. The average Bonchev–Trinajstić information content (AvgIpc) is 3.00. The molecule has 4 nitrogen and oxygen atoms in total. The first-order valence-corrected chi connectivity index (χ1v) is 7.05. The zero-order chi connectivity index (χ0) is 14.7. The van der Waals surface area contributed by atoms with Crippen molar-refractivity contribution in [1.82, 2.24) is 5.32 Å². The van der Waals surface area contributed by atoms with Crippen molar-refractivity contribution in [2.24, 2.45) is 0 Å². The fourth-order valence-corrected chi connectivity index (χ4v) is 2.24. The highest BCUT2D eigenvalue weighted by Crippen LogP contribution is 2.32. The molecule has 0 spiro atoms. The fraction of sp³-hybridized carbons (Fsp3) is 0.294. The highest BCUT2D eigenvalue weighted by atomic mass is 16.7. The van der Waals surface area contributed by atoms with Crippen LogP contribution in [0.4, 0.5) is 0 Å². The molecule has 0 amide bonds. The van der Waals surface area contributed by atoms with Gasteiger partial charge in [0.25, 0.3) is 0 Å². The van der Waals surface area contributed by atoms with E-state index < -0.39 is 0 Å². The maximum Gasteiger partial charge on any atom is 0.231 e. The molecular formula is C17H19NO3. The van der Waals surface area contributed by atoms with E-state index in [0.29, 0.717) is 19.4 Å². The normalized spacial score (nSPS) is 14.0. The maximum atomic E-state index is 5.86. The minimum atomic E-state index is 0.295. The van der Waals surface area contributed by atoms with Gasteiger partial charge in [-0.15, -0.1) is 0 Å². The molecule has 3 rings (SSSR count). The first kappa shape index (κ1) is 13.8. The van der Waals surface area contributed by atoms with Crippen LogP contribution in [0.1, 0.15) is 24.1 Å². The van der Waals surface area contributed by atoms with E-state index >= 15 is 0 Å². The Morgan fingerprint density at radius 2 is 2.00 bits per heavy atom. The molecule has 1 heterocycles. The highest BCUT2D eigenvalue weighted by molar-refractivity contribution is 5.44. The van der Waals surface area contributed by atoms with E-state index in [1.165, 1.54) is 5.56 Å². The fourth-order valence-electron chi connectivity index (χ4n) is 2.24. The second-order valence-electron chi connectivity index (χ2n) is 5.06. The Morgan fingerprint density at radius 1 is 1.14 bits per heavy atom. The number of benzene rings is 2. The number of hydrogen-bond acceptors (Lipinski definition) is 4. The minimum Gasteiger partial charge on any atom is -0.489 e. The molecule has 0 saturated heterocycles. The molecule has 0 fully saturated rings. The van der Waals surface area contributed by atoms with E-state index in [9.17, 15) is 0 Å². The molecule has 4 heteroatoms. The summed E-state index contributed by atoms with van der Waals surface area (Å²) in [6.45, 7) is 2.93. The maximum absolute atomic E-state index is 5.86. The lowest BCUT2D eigenvalue weighted by molar-refractivity contribution is 0.174. The molecule has 21 heavy (non-hydrogen) atoms. The van der Waals surface area contributed by atoms with Gasteiger partial charge in [-0.2, -0.15) is 0 Å². The van der Waals surface area contributed by atoms with Crippen LogP contribution in [-0.2, 0) is 6.61 Å². The summed E-state index contributed by atoms with van der Waals surface area (Å²) in [6.07, 6.45) is 0. The Hall–Kier alpha value is -2.20. The topological polar surface area (TPSA) is 39.7 Å². The first-order chi connectivity index (χ1) is 10.3. The van der Waals surface area contributed by atoms with E-state index in [1.54, 1.807) is 0 Å². The third-order valence-electron chi connectivity index (χ3n) is 3.63. The van der Waals surface area contributed by atoms with Gasteiger partial charge in [0.1, 0.15) is 12.4 Å². The lowest BCUT2D eigenvalue weighted by Crippen LogP contribution is -2.12. The minimum absolute atomic E-state index is 0.295. The number of hydrogen-bond donors (Lipinski definition) is 1. The zero-order valence-corrected chi connectivity index (χ0v) is 12.3. The zero-order valence-electron chi connectivity index (χ0n) is 12.3. The smallest absolute Gasteiger partial charge is 0.231 e. The Bertz CT molecular complexity index is 627. The number of fused-ring (bicyclic) bond motifs is 1. The van der Waals surface area contributed by atoms with Gasteiger partial charge in [0, 0.05) is 6.04 Å². The Morgan fingerprint density at radius 3 is 2.86 bits per heavy atom.